The molecule has 0 aliphatic rings. The van der Waals surface area contributed by atoms with Crippen LogP contribution in [0, 0.1) is 0 Å². The minimum atomic E-state index is 0.803. The highest BCUT2D eigenvalue weighted by Gasteiger charge is 2.08. The summed E-state index contributed by atoms with van der Waals surface area (Å²) in [5.41, 5.74) is 2.66. The van der Waals surface area contributed by atoms with E-state index in [0.717, 1.165) is 31.9 Å². The molecule has 3 aromatic rings. The van der Waals surface area contributed by atoms with Gasteiger partial charge >= 0.3 is 0 Å². The first-order chi connectivity index (χ1) is 10.3. The summed E-state index contributed by atoms with van der Waals surface area (Å²) in [4.78, 5) is 4.43. The van der Waals surface area contributed by atoms with Crippen molar-refractivity contribution in [2.45, 2.75) is 26.4 Å². The van der Waals surface area contributed by atoms with Crippen LogP contribution in [-0.2, 0) is 20.1 Å². The number of aromatic nitrogens is 3. The van der Waals surface area contributed by atoms with Crippen molar-refractivity contribution in [1.82, 2.24) is 19.4 Å². The summed E-state index contributed by atoms with van der Waals surface area (Å²) in [5, 5.41) is 4.79. The van der Waals surface area contributed by atoms with Crippen LogP contribution in [0.25, 0.3) is 10.9 Å². The van der Waals surface area contributed by atoms with E-state index < -0.39 is 0 Å². The molecule has 2 heterocycles. The van der Waals surface area contributed by atoms with Gasteiger partial charge in [0.25, 0.3) is 0 Å². The third-order valence-corrected chi connectivity index (χ3v) is 3.85. The highest BCUT2D eigenvalue weighted by molar-refractivity contribution is 5.83. The van der Waals surface area contributed by atoms with E-state index >= 15 is 0 Å². The summed E-state index contributed by atoms with van der Waals surface area (Å²) in [5.74, 6) is 1.07. The van der Waals surface area contributed by atoms with Crippen molar-refractivity contribution in [3.8, 4) is 0 Å². The molecule has 0 aliphatic heterocycles. The predicted octanol–water partition coefficient (Wildman–Crippen LogP) is 2.92. The number of fused-ring (bicyclic) bond motifs is 1. The van der Waals surface area contributed by atoms with Crippen molar-refractivity contribution in [2.24, 2.45) is 7.05 Å². The highest BCUT2D eigenvalue weighted by Crippen LogP contribution is 2.21. The zero-order valence-corrected chi connectivity index (χ0v) is 12.7. The minimum absolute atomic E-state index is 0.803. The Balaban J connectivity index is 1.93. The lowest BCUT2D eigenvalue weighted by Crippen LogP contribution is -2.15. The first-order valence-electron chi connectivity index (χ1n) is 7.53. The number of nitrogens with zero attached hydrogens (tertiary/aromatic N) is 3. The number of imidazole rings is 1. The van der Waals surface area contributed by atoms with Crippen LogP contribution >= 0.6 is 0 Å². The molecule has 1 aromatic carbocycles. The number of para-hydroxylation sites is 1. The normalized spacial score (nSPS) is 11.3. The van der Waals surface area contributed by atoms with Gasteiger partial charge < -0.3 is 14.5 Å². The summed E-state index contributed by atoms with van der Waals surface area (Å²) < 4.78 is 4.37. The van der Waals surface area contributed by atoms with E-state index in [9.17, 15) is 0 Å². The lowest BCUT2D eigenvalue weighted by Gasteiger charge is -2.11. The molecule has 110 valence electrons. The Kier molecular flexibility index (Phi) is 4.06. The highest BCUT2D eigenvalue weighted by atomic mass is 15.1. The monoisotopic (exact) mass is 282 g/mol. The van der Waals surface area contributed by atoms with Gasteiger partial charge in [-0.25, -0.2) is 4.98 Å². The summed E-state index contributed by atoms with van der Waals surface area (Å²) >= 11 is 0. The summed E-state index contributed by atoms with van der Waals surface area (Å²) in [6.07, 6.45) is 7.16. The standard InChI is InChI=1S/C17H22N4/c1-3-8-18-12-15-6-4-5-14-7-10-21(17(14)15)13-16-19-9-11-20(16)2/h4-7,9-11,18H,3,8,12-13H2,1-2H3. The zero-order chi connectivity index (χ0) is 14.7. The van der Waals surface area contributed by atoms with Crippen LogP contribution in [0.5, 0.6) is 0 Å². The van der Waals surface area contributed by atoms with Gasteiger partial charge in [0.2, 0.25) is 0 Å². The molecular formula is C17H22N4. The molecule has 0 bridgehead atoms. The molecule has 0 unspecified atom stereocenters. The second kappa shape index (κ2) is 6.14. The van der Waals surface area contributed by atoms with E-state index in [1.165, 1.54) is 16.5 Å². The molecule has 4 nitrogen and oxygen atoms in total. The van der Waals surface area contributed by atoms with E-state index in [4.69, 9.17) is 0 Å². The third-order valence-electron chi connectivity index (χ3n) is 3.85. The van der Waals surface area contributed by atoms with Gasteiger partial charge in [-0.15, -0.1) is 0 Å². The average Bonchev–Trinajstić information content (AvgIpc) is 3.08. The van der Waals surface area contributed by atoms with Crippen molar-refractivity contribution in [1.29, 1.82) is 0 Å². The van der Waals surface area contributed by atoms with Crippen molar-refractivity contribution >= 4 is 10.9 Å². The lowest BCUT2D eigenvalue weighted by molar-refractivity contribution is 0.671. The summed E-state index contributed by atoms with van der Waals surface area (Å²) in [6, 6.07) is 8.70. The fourth-order valence-electron chi connectivity index (χ4n) is 2.72. The Morgan fingerprint density at radius 3 is 2.86 bits per heavy atom. The van der Waals surface area contributed by atoms with Gasteiger partial charge in [0, 0.05) is 32.2 Å². The van der Waals surface area contributed by atoms with E-state index in [2.05, 4.69) is 56.8 Å². The maximum absolute atomic E-state index is 4.43. The summed E-state index contributed by atoms with van der Waals surface area (Å²) in [7, 11) is 2.04. The quantitative estimate of drug-likeness (QED) is 0.705. The topological polar surface area (TPSA) is 34.8 Å². The molecule has 0 aliphatic carbocycles. The van der Waals surface area contributed by atoms with E-state index in [-0.39, 0.29) is 0 Å². The van der Waals surface area contributed by atoms with Gasteiger partial charge in [-0.2, -0.15) is 0 Å². The molecule has 3 rings (SSSR count). The number of hydrogen-bond donors (Lipinski definition) is 1. The van der Waals surface area contributed by atoms with Crippen LogP contribution in [0.15, 0.2) is 42.9 Å². The maximum Gasteiger partial charge on any atom is 0.128 e. The predicted molar refractivity (Wildman–Crippen MR) is 86.2 cm³/mol. The van der Waals surface area contributed by atoms with Gasteiger partial charge in [-0.1, -0.05) is 25.1 Å². The van der Waals surface area contributed by atoms with Gasteiger partial charge in [-0.05, 0) is 30.0 Å². The Bertz CT molecular complexity index is 723. The molecular weight excluding hydrogens is 260 g/mol. The van der Waals surface area contributed by atoms with Gasteiger partial charge in [0.05, 0.1) is 12.1 Å². The second-order valence-corrected chi connectivity index (χ2v) is 5.43. The molecule has 0 saturated carbocycles. The molecule has 0 atom stereocenters. The molecule has 0 amide bonds. The number of hydrogen-bond acceptors (Lipinski definition) is 2. The van der Waals surface area contributed by atoms with E-state index in [1.54, 1.807) is 0 Å². The van der Waals surface area contributed by atoms with Crippen LogP contribution < -0.4 is 5.32 Å². The molecule has 2 aromatic heterocycles. The number of nitrogens with one attached hydrogen (secondary N) is 1. The molecule has 0 saturated heterocycles. The van der Waals surface area contributed by atoms with Crippen LogP contribution in [0.2, 0.25) is 0 Å². The zero-order valence-electron chi connectivity index (χ0n) is 12.7. The number of aryl methyl sites for hydroxylation is 1. The van der Waals surface area contributed by atoms with Crippen LogP contribution in [-0.4, -0.2) is 20.7 Å². The summed E-state index contributed by atoms with van der Waals surface area (Å²) in [6.45, 7) is 4.96. The maximum atomic E-state index is 4.43. The number of benzene rings is 1. The van der Waals surface area contributed by atoms with Crippen molar-refractivity contribution in [3.05, 3.63) is 54.2 Å². The Hall–Kier alpha value is -2.07. The number of rotatable bonds is 6. The van der Waals surface area contributed by atoms with Crippen molar-refractivity contribution in [2.75, 3.05) is 6.54 Å². The van der Waals surface area contributed by atoms with E-state index in [0.29, 0.717) is 0 Å². The minimum Gasteiger partial charge on any atom is -0.340 e. The smallest absolute Gasteiger partial charge is 0.128 e. The fourth-order valence-corrected chi connectivity index (χ4v) is 2.72. The van der Waals surface area contributed by atoms with E-state index in [1.807, 2.05) is 19.4 Å². The van der Waals surface area contributed by atoms with Crippen LogP contribution in [0.4, 0.5) is 0 Å². The Morgan fingerprint density at radius 2 is 2.10 bits per heavy atom. The SMILES string of the molecule is CCCNCc1cccc2ccn(Cc3nccn3C)c12. The second-order valence-electron chi connectivity index (χ2n) is 5.43. The molecule has 21 heavy (non-hydrogen) atoms. The Morgan fingerprint density at radius 1 is 1.19 bits per heavy atom. The molecule has 0 spiro atoms. The first kappa shape index (κ1) is 13.9. The molecule has 0 fully saturated rings. The molecule has 0 radical (unpaired) electrons. The van der Waals surface area contributed by atoms with Gasteiger partial charge in [0.1, 0.15) is 5.82 Å². The average molecular weight is 282 g/mol. The van der Waals surface area contributed by atoms with Crippen LogP contribution in [0.3, 0.4) is 0 Å². The Labute approximate surface area is 125 Å². The fraction of sp³-hybridized carbons (Fsp3) is 0.353. The van der Waals surface area contributed by atoms with Crippen LogP contribution in [0.1, 0.15) is 24.7 Å². The van der Waals surface area contributed by atoms with Crippen molar-refractivity contribution < 1.29 is 0 Å². The van der Waals surface area contributed by atoms with Gasteiger partial charge in [-0.3, -0.25) is 0 Å². The third kappa shape index (κ3) is 2.85. The molecule has 4 heteroatoms. The molecule has 1 N–H and O–H groups in total. The van der Waals surface area contributed by atoms with Crippen molar-refractivity contribution in [3.63, 3.8) is 0 Å². The van der Waals surface area contributed by atoms with Gasteiger partial charge in [0.15, 0.2) is 0 Å². The largest absolute Gasteiger partial charge is 0.340 e. The first-order valence-corrected chi connectivity index (χ1v) is 7.53. The lowest BCUT2D eigenvalue weighted by atomic mass is 10.1.